The SMILES string of the molecule is CC1(C)CCC(C)(C)c2cc(I)c(N)cc21. The van der Waals surface area contributed by atoms with Crippen molar-refractivity contribution in [2.24, 2.45) is 0 Å². The maximum atomic E-state index is 6.05. The van der Waals surface area contributed by atoms with Crippen molar-refractivity contribution in [2.45, 2.75) is 51.4 Å². The Balaban J connectivity index is 2.70. The fraction of sp³-hybridized carbons (Fsp3) is 0.571. The average Bonchev–Trinajstić information content (AvgIpc) is 2.17. The highest BCUT2D eigenvalue weighted by molar-refractivity contribution is 14.1. The van der Waals surface area contributed by atoms with E-state index in [9.17, 15) is 0 Å². The molecule has 16 heavy (non-hydrogen) atoms. The molecule has 88 valence electrons. The van der Waals surface area contributed by atoms with Crippen LogP contribution in [0.1, 0.15) is 51.7 Å². The molecule has 1 aromatic carbocycles. The first-order valence-corrected chi connectivity index (χ1v) is 6.92. The molecule has 1 aromatic rings. The average molecular weight is 329 g/mol. The lowest BCUT2D eigenvalue weighted by Crippen LogP contribution is -2.34. The Bertz CT molecular complexity index is 392. The molecule has 2 heteroatoms. The molecule has 0 saturated carbocycles. The van der Waals surface area contributed by atoms with E-state index < -0.39 is 0 Å². The van der Waals surface area contributed by atoms with Gasteiger partial charge in [-0.2, -0.15) is 0 Å². The summed E-state index contributed by atoms with van der Waals surface area (Å²) in [6.45, 7) is 9.33. The third kappa shape index (κ3) is 1.85. The Kier molecular flexibility index (Phi) is 2.76. The number of nitrogens with two attached hydrogens (primary N) is 1. The molecule has 0 saturated heterocycles. The first-order chi connectivity index (χ1) is 7.24. The van der Waals surface area contributed by atoms with E-state index >= 15 is 0 Å². The number of rotatable bonds is 0. The summed E-state index contributed by atoms with van der Waals surface area (Å²) in [5, 5.41) is 0. The van der Waals surface area contributed by atoms with Gasteiger partial charge in [-0.25, -0.2) is 0 Å². The molecule has 0 unspecified atom stereocenters. The molecular weight excluding hydrogens is 309 g/mol. The van der Waals surface area contributed by atoms with E-state index in [0.717, 1.165) is 5.69 Å². The van der Waals surface area contributed by atoms with Gasteiger partial charge in [0.15, 0.2) is 0 Å². The maximum Gasteiger partial charge on any atom is 0.0452 e. The Labute approximate surface area is 112 Å². The van der Waals surface area contributed by atoms with E-state index in [1.165, 1.54) is 27.5 Å². The van der Waals surface area contributed by atoms with Crippen LogP contribution in [0.2, 0.25) is 0 Å². The summed E-state index contributed by atoms with van der Waals surface area (Å²) in [6, 6.07) is 4.48. The molecule has 2 N–H and O–H groups in total. The summed E-state index contributed by atoms with van der Waals surface area (Å²) in [6.07, 6.45) is 2.50. The van der Waals surface area contributed by atoms with E-state index in [1.54, 1.807) is 0 Å². The van der Waals surface area contributed by atoms with Crippen molar-refractivity contribution in [3.8, 4) is 0 Å². The predicted molar refractivity (Wildman–Crippen MR) is 78.9 cm³/mol. The van der Waals surface area contributed by atoms with Crippen LogP contribution in [0.4, 0.5) is 5.69 Å². The molecular formula is C14H20IN. The van der Waals surface area contributed by atoms with Crippen molar-refractivity contribution in [1.82, 2.24) is 0 Å². The molecule has 0 fully saturated rings. The number of benzene rings is 1. The minimum atomic E-state index is 0.267. The smallest absolute Gasteiger partial charge is 0.0452 e. The second-order valence-electron chi connectivity index (χ2n) is 6.19. The molecule has 0 bridgehead atoms. The second kappa shape index (κ2) is 3.62. The predicted octanol–water partition coefficient (Wildman–Crippen LogP) is 4.22. The first-order valence-electron chi connectivity index (χ1n) is 5.84. The molecule has 1 aliphatic carbocycles. The van der Waals surface area contributed by atoms with Gasteiger partial charge in [0.25, 0.3) is 0 Å². The van der Waals surface area contributed by atoms with Crippen molar-refractivity contribution < 1.29 is 0 Å². The van der Waals surface area contributed by atoms with Gasteiger partial charge in [0, 0.05) is 9.26 Å². The molecule has 0 radical (unpaired) electrons. The van der Waals surface area contributed by atoms with Crippen LogP contribution in [0.25, 0.3) is 0 Å². The standard InChI is InChI=1S/C14H20IN/c1-13(2)5-6-14(3,4)10-8-12(16)11(15)7-9(10)13/h7-8H,5-6,16H2,1-4H3. The molecule has 0 heterocycles. The number of fused-ring (bicyclic) bond motifs is 1. The third-order valence-electron chi connectivity index (χ3n) is 3.97. The quantitative estimate of drug-likeness (QED) is 0.560. The lowest BCUT2D eigenvalue weighted by Gasteiger charge is -2.42. The van der Waals surface area contributed by atoms with Crippen molar-refractivity contribution >= 4 is 28.3 Å². The zero-order valence-electron chi connectivity index (χ0n) is 10.5. The lowest BCUT2D eigenvalue weighted by atomic mass is 9.63. The highest BCUT2D eigenvalue weighted by Crippen LogP contribution is 2.46. The van der Waals surface area contributed by atoms with Crippen LogP contribution in [-0.2, 0) is 10.8 Å². The Morgan fingerprint density at radius 1 is 1.00 bits per heavy atom. The number of anilines is 1. The van der Waals surface area contributed by atoms with Crippen molar-refractivity contribution in [1.29, 1.82) is 0 Å². The monoisotopic (exact) mass is 329 g/mol. The summed E-state index contributed by atoms with van der Waals surface area (Å²) >= 11 is 2.33. The van der Waals surface area contributed by atoms with E-state index in [0.29, 0.717) is 5.41 Å². The molecule has 0 amide bonds. The fourth-order valence-electron chi connectivity index (χ4n) is 2.60. The normalized spacial score (nSPS) is 21.6. The number of nitrogen functional groups attached to an aromatic ring is 1. The molecule has 1 nitrogen and oxygen atoms in total. The summed E-state index contributed by atoms with van der Waals surface area (Å²) in [5.74, 6) is 0. The van der Waals surface area contributed by atoms with Gasteiger partial charge in [0.1, 0.15) is 0 Å². The highest BCUT2D eigenvalue weighted by atomic mass is 127. The van der Waals surface area contributed by atoms with Gasteiger partial charge in [-0.15, -0.1) is 0 Å². The molecule has 0 aliphatic heterocycles. The van der Waals surface area contributed by atoms with Crippen LogP contribution >= 0.6 is 22.6 Å². The first kappa shape index (κ1) is 12.2. The van der Waals surface area contributed by atoms with Gasteiger partial charge in [0.2, 0.25) is 0 Å². The maximum absolute atomic E-state index is 6.05. The van der Waals surface area contributed by atoms with Gasteiger partial charge >= 0.3 is 0 Å². The molecule has 0 spiro atoms. The van der Waals surface area contributed by atoms with Crippen molar-refractivity contribution in [3.63, 3.8) is 0 Å². The number of hydrogen-bond acceptors (Lipinski definition) is 1. The Morgan fingerprint density at radius 2 is 1.44 bits per heavy atom. The van der Waals surface area contributed by atoms with Gasteiger partial charge < -0.3 is 5.73 Å². The zero-order chi connectivity index (χ0) is 12.1. The number of halogens is 1. The van der Waals surface area contributed by atoms with Gasteiger partial charge in [-0.1, -0.05) is 27.7 Å². The minimum absolute atomic E-state index is 0.267. The molecule has 1 aliphatic rings. The van der Waals surface area contributed by atoms with Gasteiger partial charge in [0.05, 0.1) is 0 Å². The van der Waals surface area contributed by atoms with Gasteiger partial charge in [-0.05, 0) is 69.5 Å². The summed E-state index contributed by atoms with van der Waals surface area (Å²) in [4.78, 5) is 0. The van der Waals surface area contributed by atoms with Crippen LogP contribution in [0.15, 0.2) is 12.1 Å². The largest absolute Gasteiger partial charge is 0.398 e. The summed E-state index contributed by atoms with van der Waals surface area (Å²) in [7, 11) is 0. The molecule has 0 atom stereocenters. The lowest BCUT2D eigenvalue weighted by molar-refractivity contribution is 0.332. The van der Waals surface area contributed by atoms with Crippen LogP contribution < -0.4 is 5.73 Å². The van der Waals surface area contributed by atoms with Crippen molar-refractivity contribution in [3.05, 3.63) is 26.8 Å². The topological polar surface area (TPSA) is 26.0 Å². The van der Waals surface area contributed by atoms with E-state index in [4.69, 9.17) is 5.73 Å². The van der Waals surface area contributed by atoms with Crippen molar-refractivity contribution in [2.75, 3.05) is 5.73 Å². The molecule has 2 rings (SSSR count). The van der Waals surface area contributed by atoms with Gasteiger partial charge in [-0.3, -0.25) is 0 Å². The van der Waals surface area contributed by atoms with E-state index in [-0.39, 0.29) is 5.41 Å². The zero-order valence-corrected chi connectivity index (χ0v) is 12.7. The third-order valence-corrected chi connectivity index (χ3v) is 4.90. The minimum Gasteiger partial charge on any atom is -0.398 e. The highest BCUT2D eigenvalue weighted by Gasteiger charge is 2.37. The van der Waals surface area contributed by atoms with E-state index in [2.05, 4.69) is 62.4 Å². The van der Waals surface area contributed by atoms with Crippen LogP contribution in [0.3, 0.4) is 0 Å². The fourth-order valence-corrected chi connectivity index (χ4v) is 3.07. The molecule has 0 aromatic heterocycles. The number of hydrogen-bond donors (Lipinski definition) is 1. The second-order valence-corrected chi connectivity index (χ2v) is 7.35. The van der Waals surface area contributed by atoms with Crippen LogP contribution in [0.5, 0.6) is 0 Å². The Morgan fingerprint density at radius 3 is 1.94 bits per heavy atom. The van der Waals surface area contributed by atoms with Crippen LogP contribution in [0, 0.1) is 3.57 Å². The van der Waals surface area contributed by atoms with Crippen LogP contribution in [-0.4, -0.2) is 0 Å². The summed E-state index contributed by atoms with van der Waals surface area (Å²) in [5.41, 5.74) is 10.5. The van der Waals surface area contributed by atoms with E-state index in [1.807, 2.05) is 0 Å². The summed E-state index contributed by atoms with van der Waals surface area (Å²) < 4.78 is 1.18. The Hall–Kier alpha value is -0.250.